The van der Waals surface area contributed by atoms with Crippen molar-refractivity contribution in [2.24, 2.45) is 0 Å². The van der Waals surface area contributed by atoms with Crippen molar-refractivity contribution in [3.63, 3.8) is 0 Å². The number of methoxy groups -OCH3 is 2. The van der Waals surface area contributed by atoms with E-state index < -0.39 is 12.0 Å². The Bertz CT molecular complexity index is 576. The van der Waals surface area contributed by atoms with Gasteiger partial charge in [-0.2, -0.15) is 0 Å². The number of aliphatic carboxylic acids is 1. The fourth-order valence-electron chi connectivity index (χ4n) is 2.70. The second kappa shape index (κ2) is 8.65. The lowest BCUT2D eigenvalue weighted by atomic mass is 10.1. The topological polar surface area (TPSA) is 85.3 Å². The van der Waals surface area contributed by atoms with Crippen LogP contribution in [-0.4, -0.2) is 68.0 Å². The summed E-state index contributed by atoms with van der Waals surface area (Å²) in [6.07, 6.45) is 0.783. The monoisotopic (exact) mass is 337 g/mol. The normalized spacial score (nSPS) is 20.2. The molecule has 0 aliphatic carbocycles. The maximum absolute atomic E-state index is 12.7. The van der Waals surface area contributed by atoms with Crippen LogP contribution in [0.15, 0.2) is 24.3 Å². The van der Waals surface area contributed by atoms with E-state index in [1.807, 2.05) is 0 Å². The second-order valence-corrected chi connectivity index (χ2v) is 5.63. The third-order valence-electron chi connectivity index (χ3n) is 3.98. The maximum atomic E-state index is 12.7. The Balaban J connectivity index is 2.07. The number of carbonyl (C=O) groups excluding carboxylic acids is 1. The van der Waals surface area contributed by atoms with E-state index in [1.54, 1.807) is 31.4 Å². The number of likely N-dealkylation sites (tertiary alicyclic amines) is 1. The zero-order valence-electron chi connectivity index (χ0n) is 13.9. The third kappa shape index (κ3) is 4.46. The molecule has 2 unspecified atom stereocenters. The minimum absolute atomic E-state index is 0.261. The molecule has 0 spiro atoms. The van der Waals surface area contributed by atoms with Crippen molar-refractivity contribution >= 4 is 11.9 Å². The highest BCUT2D eigenvalue weighted by molar-refractivity contribution is 5.97. The summed E-state index contributed by atoms with van der Waals surface area (Å²) in [5, 5.41) is 9.33. The van der Waals surface area contributed by atoms with Gasteiger partial charge in [0, 0.05) is 45.8 Å². The molecule has 1 aromatic carbocycles. The molecule has 7 nitrogen and oxygen atoms in total. The lowest BCUT2D eigenvalue weighted by molar-refractivity contribution is -0.141. The molecule has 0 radical (unpaired) electrons. The predicted molar refractivity (Wildman–Crippen MR) is 86.3 cm³/mol. The molecule has 1 aromatic rings. The first-order valence-corrected chi connectivity index (χ1v) is 7.85. The van der Waals surface area contributed by atoms with Gasteiger partial charge in [0.05, 0.1) is 12.7 Å². The molecule has 2 atom stereocenters. The van der Waals surface area contributed by atoms with Crippen LogP contribution >= 0.6 is 0 Å². The summed E-state index contributed by atoms with van der Waals surface area (Å²) in [4.78, 5) is 25.4. The molecule has 1 heterocycles. The Morgan fingerprint density at radius 1 is 1.29 bits per heavy atom. The van der Waals surface area contributed by atoms with Crippen LogP contribution in [0.5, 0.6) is 5.75 Å². The van der Waals surface area contributed by atoms with E-state index in [2.05, 4.69) is 0 Å². The van der Waals surface area contributed by atoms with E-state index in [1.165, 1.54) is 12.0 Å². The molecule has 7 heteroatoms. The minimum Gasteiger partial charge on any atom is -0.493 e. The van der Waals surface area contributed by atoms with Crippen molar-refractivity contribution in [2.75, 3.05) is 34.0 Å². The van der Waals surface area contributed by atoms with Crippen LogP contribution in [0.2, 0.25) is 0 Å². The van der Waals surface area contributed by atoms with Crippen LogP contribution < -0.4 is 4.74 Å². The molecule has 1 amide bonds. The molecule has 0 bridgehead atoms. The van der Waals surface area contributed by atoms with Crippen LogP contribution in [0.3, 0.4) is 0 Å². The van der Waals surface area contributed by atoms with Gasteiger partial charge in [-0.25, -0.2) is 4.79 Å². The van der Waals surface area contributed by atoms with Crippen molar-refractivity contribution in [3.05, 3.63) is 29.8 Å². The fourth-order valence-corrected chi connectivity index (χ4v) is 2.70. The molecule has 0 aromatic heterocycles. The Morgan fingerprint density at radius 3 is 2.75 bits per heavy atom. The summed E-state index contributed by atoms with van der Waals surface area (Å²) in [5.74, 6) is -0.773. The molecule has 1 saturated heterocycles. The van der Waals surface area contributed by atoms with Gasteiger partial charge >= 0.3 is 5.97 Å². The highest BCUT2D eigenvalue weighted by Crippen LogP contribution is 2.24. The molecular weight excluding hydrogens is 314 g/mol. The lowest BCUT2D eigenvalue weighted by Crippen LogP contribution is -2.40. The van der Waals surface area contributed by atoms with Crippen LogP contribution in [0, 0.1) is 0 Å². The van der Waals surface area contributed by atoms with Gasteiger partial charge in [0.25, 0.3) is 5.91 Å². The predicted octanol–water partition coefficient (Wildman–Crippen LogP) is 1.42. The smallest absolute Gasteiger partial charge is 0.326 e. The number of amides is 1. The summed E-state index contributed by atoms with van der Waals surface area (Å²) in [7, 11) is 3.15. The molecule has 1 aliphatic heterocycles. The summed E-state index contributed by atoms with van der Waals surface area (Å²) in [5.41, 5.74) is 0.405. The van der Waals surface area contributed by atoms with Gasteiger partial charge in [0.1, 0.15) is 11.8 Å². The number of carboxylic acid groups (broad SMARTS) is 1. The first-order valence-electron chi connectivity index (χ1n) is 7.85. The van der Waals surface area contributed by atoms with Crippen LogP contribution in [0.1, 0.15) is 23.2 Å². The number of carbonyl (C=O) groups is 2. The summed E-state index contributed by atoms with van der Waals surface area (Å²) in [6, 6.07) is 5.91. The van der Waals surface area contributed by atoms with E-state index in [9.17, 15) is 14.7 Å². The molecule has 1 aliphatic rings. The van der Waals surface area contributed by atoms with Crippen molar-refractivity contribution in [2.45, 2.75) is 25.0 Å². The summed E-state index contributed by atoms with van der Waals surface area (Å²) in [6.45, 7) is 1.36. The van der Waals surface area contributed by atoms with Gasteiger partial charge in [-0.05, 0) is 18.2 Å². The van der Waals surface area contributed by atoms with E-state index in [0.29, 0.717) is 30.9 Å². The molecule has 1 fully saturated rings. The molecular formula is C17H23NO6. The largest absolute Gasteiger partial charge is 0.493 e. The standard InChI is InChI=1S/C17H23NO6/c1-22-7-4-8-24-13-6-3-5-12(9-13)16(19)18-11-14(23-2)10-15(18)17(20)21/h3,5-6,9,14-15H,4,7-8,10-11H2,1-2H3,(H,20,21). The van der Waals surface area contributed by atoms with Gasteiger partial charge in [-0.15, -0.1) is 0 Å². The average molecular weight is 337 g/mol. The number of nitrogens with zero attached hydrogens (tertiary/aromatic N) is 1. The zero-order valence-corrected chi connectivity index (χ0v) is 13.9. The number of ether oxygens (including phenoxy) is 3. The molecule has 2 rings (SSSR count). The highest BCUT2D eigenvalue weighted by atomic mass is 16.5. The lowest BCUT2D eigenvalue weighted by Gasteiger charge is -2.21. The SMILES string of the molecule is COCCCOc1cccc(C(=O)N2CC(OC)CC2C(=O)O)c1. The number of hydrogen-bond acceptors (Lipinski definition) is 5. The van der Waals surface area contributed by atoms with Gasteiger partial charge in [0.15, 0.2) is 0 Å². The molecule has 132 valence electrons. The van der Waals surface area contributed by atoms with E-state index >= 15 is 0 Å². The number of rotatable bonds is 8. The Labute approximate surface area is 141 Å². The van der Waals surface area contributed by atoms with E-state index in [4.69, 9.17) is 14.2 Å². The van der Waals surface area contributed by atoms with Gasteiger partial charge in [0.2, 0.25) is 0 Å². The maximum Gasteiger partial charge on any atom is 0.326 e. The van der Waals surface area contributed by atoms with Crippen molar-refractivity contribution in [1.29, 1.82) is 0 Å². The average Bonchev–Trinajstić information content (AvgIpc) is 3.03. The van der Waals surface area contributed by atoms with Crippen molar-refractivity contribution in [1.82, 2.24) is 4.90 Å². The number of benzene rings is 1. The van der Waals surface area contributed by atoms with Gasteiger partial charge < -0.3 is 24.2 Å². The Kier molecular flexibility index (Phi) is 6.57. The van der Waals surface area contributed by atoms with Gasteiger partial charge in [-0.1, -0.05) is 6.07 Å². The van der Waals surface area contributed by atoms with E-state index in [-0.39, 0.29) is 18.6 Å². The Morgan fingerprint density at radius 2 is 2.08 bits per heavy atom. The van der Waals surface area contributed by atoms with E-state index in [0.717, 1.165) is 6.42 Å². The first kappa shape index (κ1) is 18.2. The van der Waals surface area contributed by atoms with Crippen LogP contribution in [0.4, 0.5) is 0 Å². The third-order valence-corrected chi connectivity index (χ3v) is 3.98. The second-order valence-electron chi connectivity index (χ2n) is 5.63. The highest BCUT2D eigenvalue weighted by Gasteiger charge is 2.40. The van der Waals surface area contributed by atoms with Crippen molar-refractivity contribution in [3.8, 4) is 5.75 Å². The molecule has 1 N–H and O–H groups in total. The van der Waals surface area contributed by atoms with Crippen molar-refractivity contribution < 1.29 is 28.9 Å². The minimum atomic E-state index is -1.02. The van der Waals surface area contributed by atoms with Gasteiger partial charge in [-0.3, -0.25) is 4.79 Å². The summed E-state index contributed by atoms with van der Waals surface area (Å²) >= 11 is 0. The number of carboxylic acids is 1. The molecule has 0 saturated carbocycles. The van der Waals surface area contributed by atoms with Crippen LogP contribution in [-0.2, 0) is 14.3 Å². The summed E-state index contributed by atoms with van der Waals surface area (Å²) < 4.78 is 15.8. The zero-order chi connectivity index (χ0) is 17.5. The molecule has 24 heavy (non-hydrogen) atoms. The Hall–Kier alpha value is -2.12. The first-order chi connectivity index (χ1) is 11.6. The number of hydrogen-bond donors (Lipinski definition) is 1. The quantitative estimate of drug-likeness (QED) is 0.722. The van der Waals surface area contributed by atoms with Crippen LogP contribution in [0.25, 0.3) is 0 Å². The fraction of sp³-hybridized carbons (Fsp3) is 0.529.